The van der Waals surface area contributed by atoms with Gasteiger partial charge in [0.25, 0.3) is 5.91 Å². The first-order valence-electron chi connectivity index (χ1n) is 10.3. The summed E-state index contributed by atoms with van der Waals surface area (Å²) in [6, 6.07) is 2.94. The number of hydrogen-bond acceptors (Lipinski definition) is 6. The van der Waals surface area contributed by atoms with Crippen LogP contribution in [0.5, 0.6) is 0 Å². The summed E-state index contributed by atoms with van der Waals surface area (Å²) >= 11 is 1.70. The van der Waals surface area contributed by atoms with Crippen LogP contribution in [0.3, 0.4) is 0 Å². The molecule has 5 heterocycles. The number of carbonyl (C=O) groups excluding carboxylic acids is 1. The topological polar surface area (TPSA) is 54.0 Å². The quantitative estimate of drug-likeness (QED) is 0.692. The number of ether oxygens (including phenoxy) is 2. The highest BCUT2D eigenvalue weighted by atomic mass is 35.5. The highest BCUT2D eigenvalue weighted by molar-refractivity contribution is 7.14. The summed E-state index contributed by atoms with van der Waals surface area (Å²) in [5.41, 5.74) is 1.12. The first-order valence-corrected chi connectivity index (χ1v) is 11.1. The van der Waals surface area contributed by atoms with Gasteiger partial charge in [0.05, 0.1) is 36.3 Å². The third-order valence-electron chi connectivity index (χ3n) is 6.68. The molecule has 5 rings (SSSR count). The van der Waals surface area contributed by atoms with E-state index in [2.05, 4.69) is 23.2 Å². The fourth-order valence-corrected chi connectivity index (χ4v) is 6.37. The van der Waals surface area contributed by atoms with Gasteiger partial charge in [0, 0.05) is 37.0 Å². The standard InChI is InChI=1S/C20H29N3O3S.2ClH/c1-14-12-25-13-15-11-22(7-8-23(14)15)19(24)18-10-16-17(27-18)2-9-26-20(16)3-5-21-6-4-20;;/h10,14-15,21H,2-9,11-13H2,1H3;2*1H/t14-,15+;;/m0../s1. The lowest BCUT2D eigenvalue weighted by Gasteiger charge is -2.46. The average Bonchev–Trinajstić information content (AvgIpc) is 3.14. The number of piperidine rings is 1. The number of hydrogen-bond donors (Lipinski definition) is 1. The molecule has 0 bridgehead atoms. The van der Waals surface area contributed by atoms with Gasteiger partial charge >= 0.3 is 0 Å². The lowest BCUT2D eigenvalue weighted by atomic mass is 9.83. The Labute approximate surface area is 189 Å². The second-order valence-electron chi connectivity index (χ2n) is 8.32. The number of fused-ring (bicyclic) bond motifs is 3. The predicted octanol–water partition coefficient (Wildman–Crippen LogP) is 2.29. The van der Waals surface area contributed by atoms with E-state index in [1.54, 1.807) is 11.3 Å². The molecule has 164 valence electrons. The Morgan fingerprint density at radius 1 is 1.24 bits per heavy atom. The fraction of sp³-hybridized carbons (Fsp3) is 0.750. The maximum atomic E-state index is 13.3. The Balaban J connectivity index is 0.00000120. The minimum atomic E-state index is -0.167. The second kappa shape index (κ2) is 9.39. The van der Waals surface area contributed by atoms with Gasteiger partial charge in [-0.1, -0.05) is 0 Å². The number of carbonyl (C=O) groups is 1. The van der Waals surface area contributed by atoms with Crippen molar-refractivity contribution in [3.63, 3.8) is 0 Å². The zero-order chi connectivity index (χ0) is 18.4. The molecule has 0 aromatic carbocycles. The molecule has 29 heavy (non-hydrogen) atoms. The zero-order valence-corrected chi connectivity index (χ0v) is 19.3. The van der Waals surface area contributed by atoms with Gasteiger partial charge in [-0.25, -0.2) is 0 Å². The molecule has 4 aliphatic heterocycles. The van der Waals surface area contributed by atoms with Crippen LogP contribution in [0.4, 0.5) is 0 Å². The van der Waals surface area contributed by atoms with Crippen molar-refractivity contribution >= 4 is 42.1 Å². The van der Waals surface area contributed by atoms with Crippen LogP contribution in [0.15, 0.2) is 6.07 Å². The van der Waals surface area contributed by atoms with Crippen LogP contribution in [-0.2, 0) is 21.5 Å². The molecule has 4 aliphatic rings. The Hall–Kier alpha value is -0.410. The molecule has 0 aliphatic carbocycles. The molecule has 1 spiro atoms. The van der Waals surface area contributed by atoms with Crippen molar-refractivity contribution in [1.82, 2.24) is 15.1 Å². The molecule has 3 saturated heterocycles. The van der Waals surface area contributed by atoms with Crippen LogP contribution in [-0.4, -0.2) is 80.3 Å². The second-order valence-corrected chi connectivity index (χ2v) is 9.46. The molecule has 9 heteroatoms. The van der Waals surface area contributed by atoms with Gasteiger partial charge in [-0.15, -0.1) is 36.2 Å². The van der Waals surface area contributed by atoms with Gasteiger partial charge in [0.15, 0.2) is 0 Å². The number of nitrogens with zero attached hydrogens (tertiary/aromatic N) is 2. The number of halogens is 2. The first-order chi connectivity index (χ1) is 13.2. The number of morpholine rings is 1. The average molecular weight is 464 g/mol. The number of rotatable bonds is 1. The van der Waals surface area contributed by atoms with Gasteiger partial charge in [0.2, 0.25) is 0 Å². The van der Waals surface area contributed by atoms with Crippen molar-refractivity contribution in [3.8, 4) is 0 Å². The minimum Gasteiger partial charge on any atom is -0.378 e. The van der Waals surface area contributed by atoms with Crippen molar-refractivity contribution in [2.75, 3.05) is 52.5 Å². The molecule has 2 atom stereocenters. The lowest BCUT2D eigenvalue weighted by Crippen LogP contribution is -2.61. The smallest absolute Gasteiger partial charge is 0.264 e. The van der Waals surface area contributed by atoms with Gasteiger partial charge in [-0.05, 0) is 44.5 Å². The van der Waals surface area contributed by atoms with E-state index in [9.17, 15) is 4.79 Å². The van der Waals surface area contributed by atoms with Crippen molar-refractivity contribution in [3.05, 3.63) is 21.4 Å². The molecule has 0 unspecified atom stereocenters. The monoisotopic (exact) mass is 463 g/mol. The molecule has 6 nitrogen and oxygen atoms in total. The lowest BCUT2D eigenvalue weighted by molar-refractivity contribution is -0.0792. The van der Waals surface area contributed by atoms with E-state index in [4.69, 9.17) is 9.47 Å². The molecule has 1 amide bonds. The van der Waals surface area contributed by atoms with Gasteiger partial charge in [-0.3, -0.25) is 9.69 Å². The maximum Gasteiger partial charge on any atom is 0.264 e. The highest BCUT2D eigenvalue weighted by Crippen LogP contribution is 2.43. The van der Waals surface area contributed by atoms with Crippen molar-refractivity contribution in [2.24, 2.45) is 0 Å². The predicted molar refractivity (Wildman–Crippen MR) is 119 cm³/mol. The highest BCUT2D eigenvalue weighted by Gasteiger charge is 2.41. The van der Waals surface area contributed by atoms with Crippen LogP contribution in [0, 0.1) is 0 Å². The summed E-state index contributed by atoms with van der Waals surface area (Å²) in [6.07, 6.45) is 2.94. The fourth-order valence-electron chi connectivity index (χ4n) is 5.18. The molecule has 1 aromatic rings. The first kappa shape index (κ1) is 23.3. The summed E-state index contributed by atoms with van der Waals surface area (Å²) in [5.74, 6) is 0.191. The van der Waals surface area contributed by atoms with E-state index < -0.39 is 0 Å². The summed E-state index contributed by atoms with van der Waals surface area (Å²) < 4.78 is 12.0. The van der Waals surface area contributed by atoms with E-state index in [0.717, 1.165) is 76.7 Å². The van der Waals surface area contributed by atoms with E-state index in [1.165, 1.54) is 10.4 Å². The number of piperazine rings is 1. The SMILES string of the molecule is C[C@H]1COC[C@H]2CN(C(=O)c3cc4c(s3)CCOC43CCNCC3)CCN21.Cl.Cl. The van der Waals surface area contributed by atoms with Crippen LogP contribution in [0.1, 0.15) is 39.9 Å². The van der Waals surface area contributed by atoms with Crippen molar-refractivity contribution < 1.29 is 14.3 Å². The third kappa shape index (κ3) is 4.20. The number of nitrogens with one attached hydrogen (secondary N) is 1. The largest absolute Gasteiger partial charge is 0.378 e. The molecule has 1 aromatic heterocycles. The summed E-state index contributed by atoms with van der Waals surface area (Å²) in [5, 5.41) is 3.43. The van der Waals surface area contributed by atoms with Gasteiger partial charge in [0.1, 0.15) is 0 Å². The molecular formula is C20H31Cl2N3O3S. The van der Waals surface area contributed by atoms with Crippen LogP contribution >= 0.6 is 36.2 Å². The van der Waals surface area contributed by atoms with Crippen molar-refractivity contribution in [2.45, 2.75) is 43.9 Å². The van der Waals surface area contributed by atoms with Crippen LogP contribution in [0.25, 0.3) is 0 Å². The van der Waals surface area contributed by atoms with Crippen LogP contribution in [0.2, 0.25) is 0 Å². The van der Waals surface area contributed by atoms with Crippen LogP contribution < -0.4 is 5.32 Å². The Morgan fingerprint density at radius 2 is 2.03 bits per heavy atom. The Morgan fingerprint density at radius 3 is 2.83 bits per heavy atom. The molecule has 3 fully saturated rings. The van der Waals surface area contributed by atoms with Gasteiger partial charge in [-0.2, -0.15) is 0 Å². The zero-order valence-electron chi connectivity index (χ0n) is 16.9. The molecule has 0 saturated carbocycles. The van der Waals surface area contributed by atoms with E-state index in [0.29, 0.717) is 12.1 Å². The minimum absolute atomic E-state index is 0. The van der Waals surface area contributed by atoms with Gasteiger partial charge < -0.3 is 19.7 Å². The number of amides is 1. The Bertz CT molecular complexity index is 726. The molecule has 1 N–H and O–H groups in total. The summed E-state index contributed by atoms with van der Waals surface area (Å²) in [7, 11) is 0. The summed E-state index contributed by atoms with van der Waals surface area (Å²) in [6.45, 7) is 9.04. The summed E-state index contributed by atoms with van der Waals surface area (Å²) in [4.78, 5) is 20.1. The normalized spacial score (nSPS) is 28.7. The number of thiophene rings is 1. The van der Waals surface area contributed by atoms with Crippen molar-refractivity contribution in [1.29, 1.82) is 0 Å². The third-order valence-corrected chi connectivity index (χ3v) is 7.86. The Kier molecular flexibility index (Phi) is 7.53. The maximum absolute atomic E-state index is 13.3. The molecular weight excluding hydrogens is 433 g/mol. The molecule has 0 radical (unpaired) electrons. The van der Waals surface area contributed by atoms with E-state index in [-0.39, 0.29) is 36.3 Å². The van der Waals surface area contributed by atoms with E-state index in [1.807, 2.05) is 4.90 Å². The van der Waals surface area contributed by atoms with E-state index >= 15 is 0 Å².